The Labute approximate surface area is 237 Å². The molecule has 1 amide bonds. The average Bonchev–Trinajstić information content (AvgIpc) is 2.87. The van der Waals surface area contributed by atoms with Crippen molar-refractivity contribution in [2.45, 2.75) is 38.8 Å². The van der Waals surface area contributed by atoms with E-state index in [1.807, 2.05) is 25.1 Å². The van der Waals surface area contributed by atoms with E-state index in [1.54, 1.807) is 19.0 Å². The van der Waals surface area contributed by atoms with Crippen LogP contribution in [0.1, 0.15) is 36.5 Å². The SMILES string of the molecule is CCOc1c2c(c(O)c3cc(CN4CCC4)ccc13)C(O)=C1C(=O)C3C(=O)C(C(N)=O)=C(O)[C@@H](N(C)C)C3CC1C2. The molecule has 3 aliphatic carbocycles. The number of amides is 1. The zero-order valence-corrected chi connectivity index (χ0v) is 23.4. The molecule has 0 bridgehead atoms. The number of likely N-dealkylation sites (tertiary alicyclic amines) is 1. The van der Waals surface area contributed by atoms with Crippen molar-refractivity contribution in [1.82, 2.24) is 9.80 Å². The number of carbonyl (C=O) groups is 3. The second-order valence-electron chi connectivity index (χ2n) is 11.8. The molecule has 1 aliphatic heterocycles. The number of hydrogen-bond donors (Lipinski definition) is 4. The second-order valence-corrected chi connectivity index (χ2v) is 11.8. The van der Waals surface area contributed by atoms with E-state index in [-0.39, 0.29) is 22.6 Å². The topological polar surface area (TPSA) is 154 Å². The van der Waals surface area contributed by atoms with Crippen LogP contribution in [0.3, 0.4) is 0 Å². The van der Waals surface area contributed by atoms with Crippen molar-refractivity contribution in [1.29, 1.82) is 0 Å². The number of carbonyl (C=O) groups excluding carboxylic acids is 3. The molecule has 0 aromatic heterocycles. The van der Waals surface area contributed by atoms with E-state index in [2.05, 4.69) is 4.90 Å². The van der Waals surface area contributed by atoms with Crippen molar-refractivity contribution in [2.75, 3.05) is 33.8 Å². The minimum Gasteiger partial charge on any atom is -0.510 e. The van der Waals surface area contributed by atoms with Crippen LogP contribution < -0.4 is 10.5 Å². The minimum atomic E-state index is -1.28. The Morgan fingerprint density at radius 2 is 1.85 bits per heavy atom. The van der Waals surface area contributed by atoms with Crippen molar-refractivity contribution < 1.29 is 34.4 Å². The average molecular weight is 562 g/mol. The summed E-state index contributed by atoms with van der Waals surface area (Å²) in [5, 5.41) is 35.4. The van der Waals surface area contributed by atoms with Gasteiger partial charge >= 0.3 is 0 Å². The second kappa shape index (κ2) is 9.88. The zero-order chi connectivity index (χ0) is 29.3. The first-order valence-electron chi connectivity index (χ1n) is 14.1. The van der Waals surface area contributed by atoms with Crippen LogP contribution in [0.2, 0.25) is 0 Å². The minimum absolute atomic E-state index is 0.0589. The highest BCUT2D eigenvalue weighted by Gasteiger charge is 2.56. The fourth-order valence-corrected chi connectivity index (χ4v) is 7.35. The molecule has 216 valence electrons. The maximum absolute atomic E-state index is 14.0. The highest BCUT2D eigenvalue weighted by atomic mass is 16.5. The fourth-order valence-electron chi connectivity index (χ4n) is 7.35. The zero-order valence-electron chi connectivity index (χ0n) is 23.4. The molecule has 10 nitrogen and oxygen atoms in total. The number of hydrogen-bond acceptors (Lipinski definition) is 9. The molecule has 1 saturated heterocycles. The van der Waals surface area contributed by atoms with Crippen molar-refractivity contribution in [2.24, 2.45) is 23.5 Å². The number of aromatic hydroxyl groups is 1. The quantitative estimate of drug-likeness (QED) is 0.308. The van der Waals surface area contributed by atoms with E-state index < -0.39 is 52.6 Å². The molecule has 4 atom stereocenters. The Bertz CT molecular complexity index is 1570. The van der Waals surface area contributed by atoms with Gasteiger partial charge in [0.05, 0.1) is 24.1 Å². The Morgan fingerprint density at radius 3 is 2.46 bits per heavy atom. The lowest BCUT2D eigenvalue weighted by molar-refractivity contribution is -0.136. The predicted octanol–water partition coefficient (Wildman–Crippen LogP) is 2.61. The van der Waals surface area contributed by atoms with E-state index in [9.17, 15) is 29.7 Å². The molecule has 6 rings (SSSR count). The van der Waals surface area contributed by atoms with Gasteiger partial charge in [-0.25, -0.2) is 0 Å². The first-order valence-corrected chi connectivity index (χ1v) is 14.1. The maximum Gasteiger partial charge on any atom is 0.255 e. The molecule has 0 radical (unpaired) electrons. The molecule has 1 saturated carbocycles. The first kappa shape index (κ1) is 27.3. The van der Waals surface area contributed by atoms with Crippen molar-refractivity contribution in [3.63, 3.8) is 0 Å². The lowest BCUT2D eigenvalue weighted by atomic mass is 9.59. The number of ether oxygens (including phenoxy) is 1. The summed E-state index contributed by atoms with van der Waals surface area (Å²) >= 11 is 0. The Hall–Kier alpha value is -3.89. The number of Topliss-reactive ketones (excluding diaryl/α,β-unsaturated/α-hetero) is 2. The van der Waals surface area contributed by atoms with E-state index in [4.69, 9.17) is 10.5 Å². The third kappa shape index (κ3) is 4.03. The summed E-state index contributed by atoms with van der Waals surface area (Å²) in [6.07, 6.45) is 1.74. The Morgan fingerprint density at radius 1 is 1.12 bits per heavy atom. The molecule has 1 heterocycles. The number of fused-ring (bicyclic) bond motifs is 4. The molecule has 0 spiro atoms. The van der Waals surface area contributed by atoms with Crippen LogP contribution in [0, 0.1) is 17.8 Å². The van der Waals surface area contributed by atoms with Crippen LogP contribution in [0.5, 0.6) is 11.5 Å². The van der Waals surface area contributed by atoms with E-state index in [1.165, 1.54) is 0 Å². The van der Waals surface area contributed by atoms with Crippen LogP contribution in [-0.4, -0.2) is 82.4 Å². The summed E-state index contributed by atoms with van der Waals surface area (Å²) in [4.78, 5) is 43.6. The molecule has 2 fully saturated rings. The third-order valence-electron chi connectivity index (χ3n) is 9.20. The van der Waals surface area contributed by atoms with Gasteiger partial charge in [-0.15, -0.1) is 0 Å². The van der Waals surface area contributed by atoms with Crippen LogP contribution in [0.15, 0.2) is 35.1 Å². The van der Waals surface area contributed by atoms with Crippen molar-refractivity contribution in [3.05, 3.63) is 51.8 Å². The third-order valence-corrected chi connectivity index (χ3v) is 9.20. The lowest BCUT2D eigenvalue weighted by Gasteiger charge is -2.46. The number of nitrogens with zero attached hydrogens (tertiary/aromatic N) is 2. The van der Waals surface area contributed by atoms with E-state index in [0.717, 1.165) is 37.0 Å². The van der Waals surface area contributed by atoms with Crippen molar-refractivity contribution >= 4 is 34.0 Å². The normalized spacial score (nSPS) is 26.1. The molecule has 10 heteroatoms. The van der Waals surface area contributed by atoms with Gasteiger partial charge in [-0.1, -0.05) is 12.1 Å². The predicted molar refractivity (Wildman–Crippen MR) is 151 cm³/mol. The number of aliphatic hydroxyl groups excluding tert-OH is 2. The van der Waals surface area contributed by atoms with Gasteiger partial charge in [-0.05, 0) is 76.8 Å². The number of phenolic OH excluding ortho intramolecular Hbond substituents is 1. The maximum atomic E-state index is 14.0. The summed E-state index contributed by atoms with van der Waals surface area (Å²) in [5.41, 5.74) is 6.70. The van der Waals surface area contributed by atoms with Gasteiger partial charge < -0.3 is 25.8 Å². The smallest absolute Gasteiger partial charge is 0.255 e. The summed E-state index contributed by atoms with van der Waals surface area (Å²) in [7, 11) is 3.40. The number of allylic oxidation sites excluding steroid dienone is 1. The number of phenols is 1. The number of rotatable bonds is 6. The van der Waals surface area contributed by atoms with E-state index >= 15 is 0 Å². The standard InChI is InChI=1S/C31H35N3O7/c1-4-41-30-16-7-6-14(13-34-8-5-9-34)10-17(16)25(35)22-19(30)12-15-11-18-21(26(36)20(15)27(22)37)28(38)23(31(32)40)29(39)24(18)33(2)3/h6-7,10,15,18,21,24,35,37,39H,4-5,8-9,11-13H2,1-3H3,(H2,32,40)/t15?,18?,21?,24-/m0/s1. The highest BCUT2D eigenvalue weighted by molar-refractivity contribution is 6.28. The summed E-state index contributed by atoms with van der Waals surface area (Å²) in [5.74, 6) is -5.34. The number of ketones is 2. The van der Waals surface area contributed by atoms with Crippen LogP contribution in [-0.2, 0) is 27.3 Å². The Kier molecular flexibility index (Phi) is 6.58. The van der Waals surface area contributed by atoms with Gasteiger partial charge in [0.1, 0.15) is 28.6 Å². The van der Waals surface area contributed by atoms with Gasteiger partial charge in [0, 0.05) is 28.5 Å². The molecular formula is C31H35N3O7. The molecule has 3 unspecified atom stereocenters. The summed E-state index contributed by atoms with van der Waals surface area (Å²) in [6.45, 7) is 5.01. The number of primary amides is 1. The van der Waals surface area contributed by atoms with Crippen LogP contribution >= 0.6 is 0 Å². The number of aliphatic hydroxyl groups is 2. The number of likely N-dealkylation sites (N-methyl/N-ethyl adjacent to an activating group) is 1. The molecular weight excluding hydrogens is 526 g/mol. The van der Waals surface area contributed by atoms with Crippen LogP contribution in [0.4, 0.5) is 0 Å². The molecule has 4 aliphatic rings. The summed E-state index contributed by atoms with van der Waals surface area (Å²) < 4.78 is 6.12. The number of nitrogens with two attached hydrogens (primary N) is 1. The monoisotopic (exact) mass is 561 g/mol. The van der Waals surface area contributed by atoms with Gasteiger partial charge in [0.2, 0.25) is 0 Å². The molecule has 41 heavy (non-hydrogen) atoms. The van der Waals surface area contributed by atoms with Gasteiger partial charge in [-0.3, -0.25) is 24.2 Å². The molecule has 2 aromatic carbocycles. The van der Waals surface area contributed by atoms with Gasteiger partial charge in [0.15, 0.2) is 11.6 Å². The van der Waals surface area contributed by atoms with Crippen molar-refractivity contribution in [3.8, 4) is 11.5 Å². The highest BCUT2D eigenvalue weighted by Crippen LogP contribution is 2.53. The largest absolute Gasteiger partial charge is 0.510 e. The van der Waals surface area contributed by atoms with E-state index in [0.29, 0.717) is 36.1 Å². The van der Waals surface area contributed by atoms with Gasteiger partial charge in [0.25, 0.3) is 5.91 Å². The first-order chi connectivity index (χ1) is 19.5. The molecule has 2 aromatic rings. The Balaban J connectivity index is 1.52. The lowest BCUT2D eigenvalue weighted by Crippen LogP contribution is -2.55. The molecule has 5 N–H and O–H groups in total. The van der Waals surface area contributed by atoms with Crippen LogP contribution in [0.25, 0.3) is 16.5 Å². The summed E-state index contributed by atoms with van der Waals surface area (Å²) in [6, 6.07) is 5.07. The number of benzene rings is 2. The fraction of sp³-hybridized carbons (Fsp3) is 0.452. The van der Waals surface area contributed by atoms with Gasteiger partial charge in [-0.2, -0.15) is 0 Å².